The summed E-state index contributed by atoms with van der Waals surface area (Å²) >= 11 is 0. The lowest BCUT2D eigenvalue weighted by Crippen LogP contribution is -2.33. The van der Waals surface area contributed by atoms with Gasteiger partial charge in [0.25, 0.3) is 0 Å². The Balaban J connectivity index is 1.76. The number of piperidine rings is 1. The summed E-state index contributed by atoms with van der Waals surface area (Å²) in [6, 6.07) is 7.49. The van der Waals surface area contributed by atoms with Gasteiger partial charge < -0.3 is 15.1 Å². The van der Waals surface area contributed by atoms with E-state index in [1.807, 2.05) is 12.1 Å². The van der Waals surface area contributed by atoms with Crippen molar-refractivity contribution < 1.29 is 15.0 Å². The summed E-state index contributed by atoms with van der Waals surface area (Å²) in [5.74, 6) is 0.171. The van der Waals surface area contributed by atoms with Crippen LogP contribution >= 0.6 is 0 Å². The number of hydrogen-bond donors (Lipinski definition) is 2. The zero-order valence-electron chi connectivity index (χ0n) is 11.1. The first-order chi connectivity index (χ1) is 9.15. The Bertz CT molecular complexity index is 408. The van der Waals surface area contributed by atoms with E-state index in [9.17, 15) is 9.90 Å². The molecule has 1 fully saturated rings. The van der Waals surface area contributed by atoms with Crippen LogP contribution in [0.5, 0.6) is 5.75 Å². The van der Waals surface area contributed by atoms with Gasteiger partial charge in [-0.05, 0) is 62.5 Å². The smallest absolute Gasteiger partial charge is 0.303 e. The van der Waals surface area contributed by atoms with Crippen molar-refractivity contribution in [1.29, 1.82) is 0 Å². The molecule has 0 atom stereocenters. The normalized spacial score (nSPS) is 17.5. The van der Waals surface area contributed by atoms with Gasteiger partial charge in [0.15, 0.2) is 0 Å². The van der Waals surface area contributed by atoms with E-state index in [4.69, 9.17) is 5.11 Å². The Morgan fingerprint density at radius 1 is 1.21 bits per heavy atom. The maximum Gasteiger partial charge on any atom is 0.303 e. The van der Waals surface area contributed by atoms with Crippen molar-refractivity contribution in [3.63, 3.8) is 0 Å². The van der Waals surface area contributed by atoms with Crippen molar-refractivity contribution >= 4 is 5.97 Å². The molecule has 1 saturated heterocycles. The molecule has 0 aromatic heterocycles. The lowest BCUT2D eigenvalue weighted by atomic mass is 9.89. The second-order valence-electron chi connectivity index (χ2n) is 5.20. The molecule has 1 aliphatic rings. The Morgan fingerprint density at radius 2 is 1.84 bits per heavy atom. The van der Waals surface area contributed by atoms with Gasteiger partial charge >= 0.3 is 5.97 Å². The van der Waals surface area contributed by atoms with Gasteiger partial charge in [-0.1, -0.05) is 12.1 Å². The number of likely N-dealkylation sites (tertiary alicyclic amines) is 1. The van der Waals surface area contributed by atoms with Crippen LogP contribution in [0.3, 0.4) is 0 Å². The molecule has 1 aromatic rings. The monoisotopic (exact) mass is 263 g/mol. The number of carbonyl (C=O) groups is 1. The quantitative estimate of drug-likeness (QED) is 0.856. The predicted octanol–water partition coefficient (Wildman–Crippen LogP) is 2.44. The first kappa shape index (κ1) is 13.9. The fourth-order valence-corrected chi connectivity index (χ4v) is 2.69. The van der Waals surface area contributed by atoms with E-state index in [1.165, 1.54) is 5.56 Å². The molecule has 104 valence electrons. The topological polar surface area (TPSA) is 60.8 Å². The molecule has 0 amide bonds. The second kappa shape index (κ2) is 6.57. The maximum atomic E-state index is 10.5. The van der Waals surface area contributed by atoms with Crippen molar-refractivity contribution in [2.24, 2.45) is 0 Å². The highest BCUT2D eigenvalue weighted by Crippen LogP contribution is 2.28. The summed E-state index contributed by atoms with van der Waals surface area (Å²) in [6.45, 7) is 2.95. The highest BCUT2D eigenvalue weighted by Gasteiger charge is 2.20. The number of carboxylic acids is 1. The minimum atomic E-state index is -0.709. The highest BCUT2D eigenvalue weighted by molar-refractivity contribution is 5.66. The number of rotatable bonds is 5. The molecule has 0 radical (unpaired) electrons. The van der Waals surface area contributed by atoms with E-state index in [-0.39, 0.29) is 6.42 Å². The molecule has 0 unspecified atom stereocenters. The summed E-state index contributed by atoms with van der Waals surface area (Å²) in [4.78, 5) is 12.8. The lowest BCUT2D eigenvalue weighted by molar-refractivity contribution is -0.137. The van der Waals surface area contributed by atoms with Gasteiger partial charge in [-0.25, -0.2) is 0 Å². The van der Waals surface area contributed by atoms with Gasteiger partial charge in [0.1, 0.15) is 5.75 Å². The number of phenolic OH excluding ortho intramolecular Hbond substituents is 1. The van der Waals surface area contributed by atoms with E-state index >= 15 is 0 Å². The van der Waals surface area contributed by atoms with Crippen molar-refractivity contribution in [1.82, 2.24) is 4.90 Å². The van der Waals surface area contributed by atoms with Crippen LogP contribution in [0.15, 0.2) is 24.3 Å². The molecule has 19 heavy (non-hydrogen) atoms. The average Bonchev–Trinajstić information content (AvgIpc) is 2.40. The SMILES string of the molecule is O=C(O)CCCN1CCC(c2ccc(O)cc2)CC1. The third kappa shape index (κ3) is 4.24. The molecule has 0 aliphatic carbocycles. The minimum Gasteiger partial charge on any atom is -0.508 e. The summed E-state index contributed by atoms with van der Waals surface area (Å²) in [5.41, 5.74) is 1.29. The molecule has 0 bridgehead atoms. The Hall–Kier alpha value is -1.55. The van der Waals surface area contributed by atoms with E-state index in [0.29, 0.717) is 11.7 Å². The first-order valence-corrected chi connectivity index (χ1v) is 6.88. The number of carboxylic acid groups (broad SMARTS) is 1. The van der Waals surface area contributed by atoms with Crippen molar-refractivity contribution in [2.75, 3.05) is 19.6 Å². The fourth-order valence-electron chi connectivity index (χ4n) is 2.69. The lowest BCUT2D eigenvalue weighted by Gasteiger charge is -2.32. The van der Waals surface area contributed by atoms with Crippen LogP contribution < -0.4 is 0 Å². The number of aliphatic carboxylic acids is 1. The zero-order valence-corrected chi connectivity index (χ0v) is 11.1. The number of aromatic hydroxyl groups is 1. The van der Waals surface area contributed by atoms with Gasteiger partial charge in [0.05, 0.1) is 0 Å². The average molecular weight is 263 g/mol. The number of benzene rings is 1. The van der Waals surface area contributed by atoms with Crippen LogP contribution in [-0.2, 0) is 4.79 Å². The molecule has 2 N–H and O–H groups in total. The Kier molecular flexibility index (Phi) is 4.80. The van der Waals surface area contributed by atoms with E-state index in [0.717, 1.165) is 38.9 Å². The molecule has 0 saturated carbocycles. The third-order valence-electron chi connectivity index (χ3n) is 3.82. The van der Waals surface area contributed by atoms with Gasteiger partial charge in [-0.15, -0.1) is 0 Å². The van der Waals surface area contributed by atoms with Gasteiger partial charge in [-0.3, -0.25) is 4.79 Å². The number of nitrogens with zero attached hydrogens (tertiary/aromatic N) is 1. The van der Waals surface area contributed by atoms with Crippen molar-refractivity contribution in [3.05, 3.63) is 29.8 Å². The molecular weight excluding hydrogens is 242 g/mol. The van der Waals surface area contributed by atoms with Crippen LogP contribution in [0.25, 0.3) is 0 Å². The van der Waals surface area contributed by atoms with Crippen LogP contribution in [0.2, 0.25) is 0 Å². The van der Waals surface area contributed by atoms with Crippen molar-refractivity contribution in [3.8, 4) is 5.75 Å². The van der Waals surface area contributed by atoms with Crippen LogP contribution in [-0.4, -0.2) is 40.7 Å². The summed E-state index contributed by atoms with van der Waals surface area (Å²) in [7, 11) is 0. The zero-order chi connectivity index (χ0) is 13.7. The van der Waals surface area contributed by atoms with E-state index < -0.39 is 5.97 Å². The first-order valence-electron chi connectivity index (χ1n) is 6.88. The summed E-state index contributed by atoms with van der Waals surface area (Å²) in [5, 5.41) is 17.9. The van der Waals surface area contributed by atoms with Gasteiger partial charge in [-0.2, -0.15) is 0 Å². The Labute approximate surface area is 113 Å². The summed E-state index contributed by atoms with van der Waals surface area (Å²) in [6.07, 6.45) is 3.22. The van der Waals surface area contributed by atoms with Crippen LogP contribution in [0, 0.1) is 0 Å². The molecule has 1 aromatic carbocycles. The van der Waals surface area contributed by atoms with Crippen LogP contribution in [0.4, 0.5) is 0 Å². The van der Waals surface area contributed by atoms with Crippen molar-refractivity contribution in [2.45, 2.75) is 31.6 Å². The molecule has 4 nitrogen and oxygen atoms in total. The second-order valence-corrected chi connectivity index (χ2v) is 5.20. The van der Waals surface area contributed by atoms with E-state index in [1.54, 1.807) is 12.1 Å². The predicted molar refractivity (Wildman–Crippen MR) is 73.4 cm³/mol. The number of hydrogen-bond acceptors (Lipinski definition) is 3. The minimum absolute atomic E-state index is 0.262. The largest absolute Gasteiger partial charge is 0.508 e. The Morgan fingerprint density at radius 3 is 2.42 bits per heavy atom. The standard InChI is InChI=1S/C15H21NO3/c17-14-5-3-12(4-6-14)13-7-10-16(11-8-13)9-1-2-15(18)19/h3-6,13,17H,1-2,7-11H2,(H,18,19). The van der Waals surface area contributed by atoms with E-state index in [2.05, 4.69) is 4.90 Å². The maximum absolute atomic E-state index is 10.5. The fraction of sp³-hybridized carbons (Fsp3) is 0.533. The molecular formula is C15H21NO3. The molecule has 2 rings (SSSR count). The number of phenols is 1. The molecule has 1 heterocycles. The van der Waals surface area contributed by atoms with Gasteiger partial charge in [0.2, 0.25) is 0 Å². The highest BCUT2D eigenvalue weighted by atomic mass is 16.4. The van der Waals surface area contributed by atoms with Gasteiger partial charge in [0, 0.05) is 6.42 Å². The molecule has 1 aliphatic heterocycles. The third-order valence-corrected chi connectivity index (χ3v) is 3.82. The molecule has 0 spiro atoms. The summed E-state index contributed by atoms with van der Waals surface area (Å²) < 4.78 is 0. The van der Waals surface area contributed by atoms with Crippen LogP contribution in [0.1, 0.15) is 37.2 Å². The molecule has 4 heteroatoms.